The molecule has 0 atom stereocenters. The van der Waals surface area contributed by atoms with E-state index >= 15 is 0 Å². The molecule has 0 amide bonds. The Bertz CT molecular complexity index is 423. The summed E-state index contributed by atoms with van der Waals surface area (Å²) in [6, 6.07) is 0. The Kier molecular flexibility index (Phi) is 4.01. The third-order valence-electron chi connectivity index (χ3n) is 2.27. The van der Waals surface area contributed by atoms with Gasteiger partial charge in [-0.3, -0.25) is 9.13 Å². The first-order chi connectivity index (χ1) is 7.58. The molecule has 0 aromatic rings. The van der Waals surface area contributed by atoms with Gasteiger partial charge in [0.1, 0.15) is 0 Å². The van der Waals surface area contributed by atoms with Crippen molar-refractivity contribution in [3.63, 3.8) is 0 Å². The Morgan fingerprint density at radius 1 is 1.24 bits per heavy atom. The second-order valence-electron chi connectivity index (χ2n) is 3.60. The van der Waals surface area contributed by atoms with Gasteiger partial charge in [-0.25, -0.2) is 0 Å². The standard InChI is InChI=1S/C7H13NO7P2/c9-7(16(10,11)12,17(13,14)15)4-6-2-1-3-8-5-6/h1-3,8-9H,4-5H2,(H2,10,11,12)(H2,13,14,15). The molecule has 0 bridgehead atoms. The van der Waals surface area contributed by atoms with Crippen LogP contribution in [0.1, 0.15) is 6.42 Å². The number of allylic oxidation sites excluding steroid dienone is 2. The predicted molar refractivity (Wildman–Crippen MR) is 58.9 cm³/mol. The molecule has 0 aliphatic carbocycles. The zero-order chi connectivity index (χ0) is 13.3. The van der Waals surface area contributed by atoms with Crippen LogP contribution in [0.5, 0.6) is 0 Å². The van der Waals surface area contributed by atoms with Crippen molar-refractivity contribution in [1.29, 1.82) is 0 Å². The minimum absolute atomic E-state index is 0.152. The fraction of sp³-hybridized carbons (Fsp3) is 0.429. The first-order valence-electron chi connectivity index (χ1n) is 4.49. The van der Waals surface area contributed by atoms with E-state index in [4.69, 9.17) is 19.6 Å². The van der Waals surface area contributed by atoms with Gasteiger partial charge in [0, 0.05) is 13.0 Å². The summed E-state index contributed by atoms with van der Waals surface area (Å²) in [5, 5.41) is 8.94. The molecule has 0 saturated carbocycles. The molecule has 17 heavy (non-hydrogen) atoms. The summed E-state index contributed by atoms with van der Waals surface area (Å²) in [5.74, 6) is 0. The van der Waals surface area contributed by atoms with Crippen molar-refractivity contribution in [2.75, 3.05) is 6.54 Å². The minimum atomic E-state index is -5.38. The van der Waals surface area contributed by atoms with Gasteiger partial charge in [0.2, 0.25) is 0 Å². The van der Waals surface area contributed by atoms with Crippen molar-refractivity contribution < 1.29 is 33.8 Å². The van der Waals surface area contributed by atoms with Crippen molar-refractivity contribution in [3.8, 4) is 0 Å². The molecule has 98 valence electrons. The van der Waals surface area contributed by atoms with E-state index < -0.39 is 26.7 Å². The van der Waals surface area contributed by atoms with E-state index in [0.29, 0.717) is 0 Å². The molecule has 6 N–H and O–H groups in total. The molecule has 0 saturated heterocycles. The number of hydrogen-bond donors (Lipinski definition) is 6. The molecule has 0 unspecified atom stereocenters. The van der Waals surface area contributed by atoms with Gasteiger partial charge in [-0.2, -0.15) is 0 Å². The molecular weight excluding hydrogens is 272 g/mol. The Morgan fingerprint density at radius 3 is 2.12 bits per heavy atom. The van der Waals surface area contributed by atoms with Crippen LogP contribution in [-0.2, 0) is 9.13 Å². The Hall–Kier alpha value is -0.460. The number of aliphatic hydroxyl groups is 1. The normalized spacial score (nSPS) is 17.6. The Balaban J connectivity index is 3.10. The minimum Gasteiger partial charge on any atom is -0.387 e. The van der Waals surface area contributed by atoms with E-state index in [1.165, 1.54) is 12.2 Å². The highest BCUT2D eigenvalue weighted by Crippen LogP contribution is 2.69. The van der Waals surface area contributed by atoms with E-state index in [1.54, 1.807) is 6.20 Å². The molecule has 0 aromatic heterocycles. The van der Waals surface area contributed by atoms with Crippen molar-refractivity contribution in [2.24, 2.45) is 0 Å². The average molecular weight is 285 g/mol. The zero-order valence-corrected chi connectivity index (χ0v) is 10.4. The van der Waals surface area contributed by atoms with E-state index in [2.05, 4.69) is 5.32 Å². The molecule has 0 fully saturated rings. The fourth-order valence-electron chi connectivity index (χ4n) is 1.30. The third kappa shape index (κ3) is 3.05. The lowest BCUT2D eigenvalue weighted by atomic mass is 10.1. The van der Waals surface area contributed by atoms with E-state index in [-0.39, 0.29) is 12.1 Å². The SMILES string of the molecule is O=P(O)(O)C(O)(CC1=CC=CNC1)P(=O)(O)O. The first-order valence-corrected chi connectivity index (χ1v) is 7.72. The van der Waals surface area contributed by atoms with Gasteiger partial charge in [0.25, 0.3) is 5.08 Å². The summed E-state index contributed by atoms with van der Waals surface area (Å²) < 4.78 is 22.1. The number of rotatable bonds is 4. The highest BCUT2D eigenvalue weighted by molar-refractivity contribution is 7.72. The summed E-state index contributed by atoms with van der Waals surface area (Å²) in [7, 11) is -10.8. The van der Waals surface area contributed by atoms with E-state index in [9.17, 15) is 14.2 Å². The van der Waals surface area contributed by atoms with Gasteiger partial charge < -0.3 is 30.0 Å². The predicted octanol–water partition coefficient (Wildman–Crippen LogP) is -0.579. The van der Waals surface area contributed by atoms with Crippen molar-refractivity contribution in [1.82, 2.24) is 5.32 Å². The number of hydrogen-bond acceptors (Lipinski definition) is 4. The summed E-state index contributed by atoms with van der Waals surface area (Å²) in [4.78, 5) is 35.6. The molecule has 1 heterocycles. The van der Waals surface area contributed by atoms with Crippen molar-refractivity contribution in [3.05, 3.63) is 23.9 Å². The Morgan fingerprint density at radius 2 is 1.76 bits per heavy atom. The topological polar surface area (TPSA) is 147 Å². The van der Waals surface area contributed by atoms with Crippen LogP contribution in [0.4, 0.5) is 0 Å². The maximum Gasteiger partial charge on any atom is 0.369 e. The summed E-state index contributed by atoms with van der Waals surface area (Å²) in [5.41, 5.74) is 0.279. The van der Waals surface area contributed by atoms with Crippen LogP contribution in [0, 0.1) is 0 Å². The molecule has 0 aromatic carbocycles. The average Bonchev–Trinajstić information content (AvgIpc) is 2.15. The quantitative estimate of drug-likeness (QED) is 0.376. The molecule has 0 spiro atoms. The zero-order valence-electron chi connectivity index (χ0n) is 8.59. The highest BCUT2D eigenvalue weighted by Gasteiger charge is 2.59. The maximum atomic E-state index is 11.1. The fourth-order valence-corrected chi connectivity index (χ4v) is 3.48. The molecule has 1 aliphatic heterocycles. The van der Waals surface area contributed by atoms with Gasteiger partial charge >= 0.3 is 15.2 Å². The van der Waals surface area contributed by atoms with Crippen molar-refractivity contribution >= 4 is 15.2 Å². The van der Waals surface area contributed by atoms with Crippen LogP contribution in [0.3, 0.4) is 0 Å². The Labute approximate surface area is 97.0 Å². The van der Waals surface area contributed by atoms with Gasteiger partial charge in [-0.05, 0) is 17.8 Å². The third-order valence-corrected chi connectivity index (χ3v) is 6.02. The van der Waals surface area contributed by atoms with Gasteiger partial charge in [-0.15, -0.1) is 0 Å². The molecule has 10 heteroatoms. The van der Waals surface area contributed by atoms with Gasteiger partial charge in [-0.1, -0.05) is 6.08 Å². The largest absolute Gasteiger partial charge is 0.387 e. The van der Waals surface area contributed by atoms with E-state index in [1.807, 2.05) is 0 Å². The van der Waals surface area contributed by atoms with Gasteiger partial charge in [0.05, 0.1) is 0 Å². The molecule has 8 nitrogen and oxygen atoms in total. The monoisotopic (exact) mass is 285 g/mol. The molecule has 1 aliphatic rings. The highest BCUT2D eigenvalue weighted by atomic mass is 31.2. The van der Waals surface area contributed by atoms with Crippen LogP contribution in [-0.4, -0.2) is 36.3 Å². The molecule has 0 radical (unpaired) electrons. The van der Waals surface area contributed by atoms with Crippen LogP contribution in [0.2, 0.25) is 0 Å². The summed E-state index contributed by atoms with van der Waals surface area (Å²) in [6.45, 7) is 0.152. The second kappa shape index (κ2) is 4.66. The lowest BCUT2D eigenvalue weighted by Gasteiger charge is -2.30. The maximum absolute atomic E-state index is 11.1. The molecular formula is C7H13NO7P2. The summed E-state index contributed by atoms with van der Waals surface area (Å²) in [6.07, 6.45) is 3.67. The molecule has 1 rings (SSSR count). The van der Waals surface area contributed by atoms with Crippen LogP contribution < -0.4 is 5.32 Å². The second-order valence-corrected chi connectivity index (χ2v) is 7.61. The summed E-state index contributed by atoms with van der Waals surface area (Å²) >= 11 is 0. The van der Waals surface area contributed by atoms with E-state index in [0.717, 1.165) is 0 Å². The smallest absolute Gasteiger partial charge is 0.369 e. The van der Waals surface area contributed by atoms with Crippen LogP contribution >= 0.6 is 15.2 Å². The first kappa shape index (κ1) is 14.6. The number of nitrogens with one attached hydrogen (secondary N) is 1. The lowest BCUT2D eigenvalue weighted by Crippen LogP contribution is -2.31. The van der Waals surface area contributed by atoms with Crippen LogP contribution in [0.25, 0.3) is 0 Å². The van der Waals surface area contributed by atoms with Crippen molar-refractivity contribution in [2.45, 2.75) is 11.5 Å². The van der Waals surface area contributed by atoms with Gasteiger partial charge in [0.15, 0.2) is 0 Å². The lowest BCUT2D eigenvalue weighted by molar-refractivity contribution is 0.130. The number of dihydropyridines is 1. The van der Waals surface area contributed by atoms with Crippen LogP contribution in [0.15, 0.2) is 23.9 Å².